The normalized spacial score (nSPS) is 10.3. The third-order valence-corrected chi connectivity index (χ3v) is 3.74. The summed E-state index contributed by atoms with van der Waals surface area (Å²) in [6, 6.07) is 2.79. The summed E-state index contributed by atoms with van der Waals surface area (Å²) in [5.41, 5.74) is 3.23. The lowest BCUT2D eigenvalue weighted by atomic mass is 10.2. The summed E-state index contributed by atoms with van der Waals surface area (Å²) in [7, 11) is 0. The molecule has 0 aliphatic carbocycles. The number of thiazole rings is 1. The van der Waals surface area contributed by atoms with Gasteiger partial charge in [-0.25, -0.2) is 14.8 Å². The van der Waals surface area contributed by atoms with E-state index in [2.05, 4.69) is 15.3 Å². The lowest BCUT2D eigenvalue weighted by Crippen LogP contribution is -2.24. The van der Waals surface area contributed by atoms with E-state index in [4.69, 9.17) is 5.11 Å². The molecule has 104 valence electrons. The van der Waals surface area contributed by atoms with Crippen molar-refractivity contribution in [1.82, 2.24) is 15.3 Å². The third-order valence-electron chi connectivity index (χ3n) is 2.80. The summed E-state index contributed by atoms with van der Waals surface area (Å²) in [4.78, 5) is 31.9. The van der Waals surface area contributed by atoms with E-state index in [1.54, 1.807) is 12.4 Å². The maximum atomic E-state index is 11.9. The highest BCUT2D eigenvalue weighted by atomic mass is 32.1. The van der Waals surface area contributed by atoms with Crippen LogP contribution in [0.25, 0.3) is 0 Å². The number of carbonyl (C=O) groups is 2. The fraction of sp³-hybridized carbons (Fsp3) is 0.231. The number of carboxylic acid groups (broad SMARTS) is 1. The Kier molecular flexibility index (Phi) is 4.09. The number of hydrogen-bond donors (Lipinski definition) is 2. The number of nitrogens with one attached hydrogen (secondary N) is 1. The number of aromatic carboxylic acids is 1. The number of pyridine rings is 1. The SMILES string of the molecule is Cc1nc(C(=O)NCc2scnc2C)ccc1C(=O)O. The van der Waals surface area contributed by atoms with Crippen LogP contribution in [0.15, 0.2) is 17.6 Å². The minimum Gasteiger partial charge on any atom is -0.478 e. The molecule has 0 fully saturated rings. The first-order valence-electron chi connectivity index (χ1n) is 5.87. The predicted octanol–water partition coefficient (Wildman–Crippen LogP) is 1.78. The van der Waals surface area contributed by atoms with Crippen LogP contribution in [0.3, 0.4) is 0 Å². The van der Waals surface area contributed by atoms with Crippen LogP contribution in [-0.4, -0.2) is 27.0 Å². The van der Waals surface area contributed by atoms with Gasteiger partial charge in [0.2, 0.25) is 0 Å². The zero-order valence-corrected chi connectivity index (χ0v) is 11.8. The Balaban J connectivity index is 2.08. The Hall–Kier alpha value is -2.28. The van der Waals surface area contributed by atoms with Gasteiger partial charge in [-0.05, 0) is 26.0 Å². The number of rotatable bonds is 4. The van der Waals surface area contributed by atoms with E-state index in [1.807, 2.05) is 6.92 Å². The molecule has 2 aromatic heterocycles. The Morgan fingerprint density at radius 3 is 2.60 bits per heavy atom. The maximum absolute atomic E-state index is 11.9. The first-order chi connectivity index (χ1) is 9.49. The van der Waals surface area contributed by atoms with E-state index in [-0.39, 0.29) is 17.2 Å². The summed E-state index contributed by atoms with van der Waals surface area (Å²) >= 11 is 1.47. The quantitative estimate of drug-likeness (QED) is 0.895. The van der Waals surface area contributed by atoms with E-state index in [9.17, 15) is 9.59 Å². The van der Waals surface area contributed by atoms with E-state index < -0.39 is 5.97 Å². The molecule has 0 saturated heterocycles. The van der Waals surface area contributed by atoms with Crippen LogP contribution in [0.5, 0.6) is 0 Å². The zero-order valence-electron chi connectivity index (χ0n) is 11.0. The molecule has 7 heteroatoms. The third kappa shape index (κ3) is 3.00. The van der Waals surface area contributed by atoms with Crippen LogP contribution >= 0.6 is 11.3 Å². The number of carboxylic acids is 1. The minimum atomic E-state index is -1.05. The number of carbonyl (C=O) groups excluding carboxylic acids is 1. The molecule has 0 spiro atoms. The number of nitrogens with zero attached hydrogens (tertiary/aromatic N) is 2. The van der Waals surface area contributed by atoms with Crippen molar-refractivity contribution < 1.29 is 14.7 Å². The Labute approximate surface area is 119 Å². The molecule has 0 aliphatic rings. The molecule has 0 aliphatic heterocycles. The van der Waals surface area contributed by atoms with Gasteiger partial charge in [0.1, 0.15) is 5.69 Å². The summed E-state index contributed by atoms with van der Waals surface area (Å²) < 4.78 is 0. The van der Waals surface area contributed by atoms with E-state index >= 15 is 0 Å². The Morgan fingerprint density at radius 1 is 1.30 bits per heavy atom. The molecular weight excluding hydrogens is 278 g/mol. The molecule has 2 aromatic rings. The second-order valence-corrected chi connectivity index (χ2v) is 5.12. The predicted molar refractivity (Wildman–Crippen MR) is 74.0 cm³/mol. The van der Waals surface area contributed by atoms with Gasteiger partial charge >= 0.3 is 5.97 Å². The van der Waals surface area contributed by atoms with Crippen molar-refractivity contribution in [2.45, 2.75) is 20.4 Å². The van der Waals surface area contributed by atoms with Gasteiger partial charge in [-0.2, -0.15) is 0 Å². The van der Waals surface area contributed by atoms with Crippen molar-refractivity contribution in [3.8, 4) is 0 Å². The van der Waals surface area contributed by atoms with Gasteiger partial charge in [0.25, 0.3) is 5.91 Å². The summed E-state index contributed by atoms with van der Waals surface area (Å²) in [5.74, 6) is -1.39. The highest BCUT2D eigenvalue weighted by molar-refractivity contribution is 7.09. The molecule has 2 N–H and O–H groups in total. The molecule has 0 saturated carbocycles. The van der Waals surface area contributed by atoms with Crippen molar-refractivity contribution in [2.24, 2.45) is 0 Å². The van der Waals surface area contributed by atoms with Gasteiger partial charge in [0.15, 0.2) is 0 Å². The average Bonchev–Trinajstić information content (AvgIpc) is 2.81. The minimum absolute atomic E-state index is 0.0971. The first kappa shape index (κ1) is 14.1. The van der Waals surface area contributed by atoms with Gasteiger partial charge < -0.3 is 10.4 Å². The van der Waals surface area contributed by atoms with Crippen LogP contribution in [0.2, 0.25) is 0 Å². The van der Waals surface area contributed by atoms with E-state index in [0.717, 1.165) is 10.6 Å². The monoisotopic (exact) mass is 291 g/mol. The molecule has 6 nitrogen and oxygen atoms in total. The number of aromatic nitrogens is 2. The standard InChI is InChI=1S/C13H13N3O3S/c1-7-9(13(18)19)3-4-10(16-7)12(17)14-5-11-8(2)15-6-20-11/h3-4,6H,5H2,1-2H3,(H,14,17)(H,18,19). The number of hydrogen-bond acceptors (Lipinski definition) is 5. The van der Waals surface area contributed by atoms with Gasteiger partial charge in [0, 0.05) is 4.88 Å². The van der Waals surface area contributed by atoms with Gasteiger partial charge in [0.05, 0.1) is 29.0 Å². The molecule has 0 bridgehead atoms. The van der Waals surface area contributed by atoms with Crippen LogP contribution in [0, 0.1) is 13.8 Å². The van der Waals surface area contributed by atoms with E-state index in [0.29, 0.717) is 12.2 Å². The smallest absolute Gasteiger partial charge is 0.337 e. The summed E-state index contributed by atoms with van der Waals surface area (Å²) in [5, 5.41) is 11.6. The number of amides is 1. The molecule has 2 heterocycles. The molecule has 0 unspecified atom stereocenters. The van der Waals surface area contributed by atoms with Crippen molar-refractivity contribution in [3.63, 3.8) is 0 Å². The maximum Gasteiger partial charge on any atom is 0.337 e. The zero-order chi connectivity index (χ0) is 14.7. The van der Waals surface area contributed by atoms with Crippen molar-refractivity contribution >= 4 is 23.2 Å². The lowest BCUT2D eigenvalue weighted by molar-refractivity contribution is 0.0694. The first-order valence-corrected chi connectivity index (χ1v) is 6.75. The van der Waals surface area contributed by atoms with Gasteiger partial charge in [-0.15, -0.1) is 11.3 Å². The van der Waals surface area contributed by atoms with Crippen LogP contribution in [0.4, 0.5) is 0 Å². The lowest BCUT2D eigenvalue weighted by Gasteiger charge is -2.06. The fourth-order valence-electron chi connectivity index (χ4n) is 1.66. The molecule has 0 aromatic carbocycles. The second-order valence-electron chi connectivity index (χ2n) is 4.18. The van der Waals surface area contributed by atoms with Crippen molar-refractivity contribution in [3.05, 3.63) is 45.2 Å². The summed E-state index contributed by atoms with van der Waals surface area (Å²) in [6.45, 7) is 3.83. The largest absolute Gasteiger partial charge is 0.478 e. The summed E-state index contributed by atoms with van der Waals surface area (Å²) in [6.07, 6.45) is 0. The van der Waals surface area contributed by atoms with Gasteiger partial charge in [-0.3, -0.25) is 4.79 Å². The molecule has 2 rings (SSSR count). The van der Waals surface area contributed by atoms with E-state index in [1.165, 1.54) is 23.5 Å². The molecule has 20 heavy (non-hydrogen) atoms. The molecule has 1 amide bonds. The van der Waals surface area contributed by atoms with Crippen LogP contribution < -0.4 is 5.32 Å². The highest BCUT2D eigenvalue weighted by Crippen LogP contribution is 2.12. The van der Waals surface area contributed by atoms with Crippen molar-refractivity contribution in [1.29, 1.82) is 0 Å². The van der Waals surface area contributed by atoms with Gasteiger partial charge in [-0.1, -0.05) is 0 Å². The number of aryl methyl sites for hydroxylation is 2. The average molecular weight is 291 g/mol. The highest BCUT2D eigenvalue weighted by Gasteiger charge is 2.13. The second kappa shape index (κ2) is 5.79. The topological polar surface area (TPSA) is 92.2 Å². The van der Waals surface area contributed by atoms with Crippen molar-refractivity contribution in [2.75, 3.05) is 0 Å². The molecule has 0 radical (unpaired) electrons. The Bertz CT molecular complexity index is 667. The van der Waals surface area contributed by atoms with Crippen LogP contribution in [-0.2, 0) is 6.54 Å². The molecule has 0 atom stereocenters. The Morgan fingerprint density at radius 2 is 2.05 bits per heavy atom. The van der Waals surface area contributed by atoms with Crippen LogP contribution in [0.1, 0.15) is 37.1 Å². The fourth-order valence-corrected chi connectivity index (χ4v) is 2.38. The molecular formula is C13H13N3O3S.